The lowest BCUT2D eigenvalue weighted by molar-refractivity contribution is -0.120. The SMILES string of the molecule is CCc1ccc(NC(=O)C2CCCN(S(=O)(=O)c3cc(-c4noc(C)n4)sc3C)C2)cc1. The van der Waals surface area contributed by atoms with Crippen LogP contribution in [0.5, 0.6) is 0 Å². The van der Waals surface area contributed by atoms with Crippen molar-refractivity contribution in [2.75, 3.05) is 18.4 Å². The molecular formula is C22H26N4O4S2. The van der Waals surface area contributed by atoms with E-state index in [0.717, 1.165) is 12.1 Å². The molecule has 1 atom stereocenters. The molecule has 1 aromatic carbocycles. The predicted octanol–water partition coefficient (Wildman–Crippen LogP) is 4.02. The van der Waals surface area contributed by atoms with Crippen molar-refractivity contribution in [3.05, 3.63) is 46.7 Å². The topological polar surface area (TPSA) is 105 Å². The Labute approximate surface area is 191 Å². The number of anilines is 1. The van der Waals surface area contributed by atoms with Crippen molar-refractivity contribution in [2.45, 2.75) is 44.9 Å². The smallest absolute Gasteiger partial charge is 0.244 e. The Balaban J connectivity index is 1.49. The fourth-order valence-electron chi connectivity index (χ4n) is 3.81. The van der Waals surface area contributed by atoms with E-state index in [9.17, 15) is 13.2 Å². The first-order valence-corrected chi connectivity index (χ1v) is 12.8. The van der Waals surface area contributed by atoms with Gasteiger partial charge in [0.2, 0.25) is 27.6 Å². The van der Waals surface area contributed by atoms with Gasteiger partial charge in [-0.25, -0.2) is 8.42 Å². The Morgan fingerprint density at radius 1 is 1.28 bits per heavy atom. The average molecular weight is 475 g/mol. The third-order valence-electron chi connectivity index (χ3n) is 5.62. The van der Waals surface area contributed by atoms with E-state index in [-0.39, 0.29) is 17.3 Å². The molecular weight excluding hydrogens is 448 g/mol. The van der Waals surface area contributed by atoms with Gasteiger partial charge in [0.15, 0.2) is 0 Å². The predicted molar refractivity (Wildman–Crippen MR) is 123 cm³/mol. The fraction of sp³-hybridized carbons (Fsp3) is 0.409. The molecule has 0 bridgehead atoms. The van der Waals surface area contributed by atoms with Crippen LogP contribution in [-0.4, -0.2) is 41.9 Å². The average Bonchev–Trinajstić information content (AvgIpc) is 3.40. The third-order valence-corrected chi connectivity index (χ3v) is 8.79. The number of thiophene rings is 1. The zero-order valence-electron chi connectivity index (χ0n) is 18.3. The molecule has 1 saturated heterocycles. The quantitative estimate of drug-likeness (QED) is 0.579. The number of carbonyl (C=O) groups is 1. The van der Waals surface area contributed by atoms with Gasteiger partial charge in [0.25, 0.3) is 0 Å². The summed E-state index contributed by atoms with van der Waals surface area (Å²) < 4.78 is 33.2. The normalized spacial score (nSPS) is 17.4. The molecule has 1 aliphatic rings. The molecule has 1 aliphatic heterocycles. The van der Waals surface area contributed by atoms with E-state index >= 15 is 0 Å². The Bertz CT molecular complexity index is 1220. The molecule has 0 saturated carbocycles. The summed E-state index contributed by atoms with van der Waals surface area (Å²) >= 11 is 1.31. The zero-order chi connectivity index (χ0) is 22.9. The first-order valence-electron chi connectivity index (χ1n) is 10.6. The van der Waals surface area contributed by atoms with Gasteiger partial charge in [0, 0.05) is 30.6 Å². The molecule has 3 aromatic rings. The number of piperidine rings is 1. The van der Waals surface area contributed by atoms with Gasteiger partial charge in [-0.1, -0.05) is 24.2 Å². The fourth-order valence-corrected chi connectivity index (χ4v) is 6.82. The lowest BCUT2D eigenvalue weighted by Crippen LogP contribution is -2.43. The zero-order valence-corrected chi connectivity index (χ0v) is 19.9. The maximum atomic E-state index is 13.4. The van der Waals surface area contributed by atoms with Crippen molar-refractivity contribution < 1.29 is 17.7 Å². The lowest BCUT2D eigenvalue weighted by atomic mass is 9.98. The van der Waals surface area contributed by atoms with E-state index in [4.69, 9.17) is 4.52 Å². The van der Waals surface area contributed by atoms with E-state index in [1.54, 1.807) is 19.9 Å². The molecule has 0 spiro atoms. The number of nitrogens with one attached hydrogen (secondary N) is 1. The number of aromatic nitrogens is 2. The van der Waals surface area contributed by atoms with Gasteiger partial charge in [0.05, 0.1) is 15.7 Å². The second-order valence-corrected chi connectivity index (χ2v) is 11.1. The molecule has 8 nitrogen and oxygen atoms in total. The molecule has 2 aromatic heterocycles. The molecule has 10 heteroatoms. The highest BCUT2D eigenvalue weighted by molar-refractivity contribution is 7.89. The lowest BCUT2D eigenvalue weighted by Gasteiger charge is -2.31. The van der Waals surface area contributed by atoms with Crippen LogP contribution in [-0.2, 0) is 21.2 Å². The second kappa shape index (κ2) is 9.13. The highest BCUT2D eigenvalue weighted by Gasteiger charge is 2.35. The van der Waals surface area contributed by atoms with Gasteiger partial charge in [-0.3, -0.25) is 4.79 Å². The van der Waals surface area contributed by atoms with Crippen LogP contribution in [0.1, 0.15) is 36.1 Å². The van der Waals surface area contributed by atoms with Crippen LogP contribution >= 0.6 is 11.3 Å². The van der Waals surface area contributed by atoms with Crippen LogP contribution in [0, 0.1) is 19.8 Å². The summed E-state index contributed by atoms with van der Waals surface area (Å²) in [6.45, 7) is 6.08. The number of sulfonamides is 1. The van der Waals surface area contributed by atoms with Gasteiger partial charge < -0.3 is 9.84 Å². The van der Waals surface area contributed by atoms with E-state index in [1.807, 2.05) is 24.3 Å². The standard InChI is InChI=1S/C22H26N4O4S2/c1-4-16-7-9-18(10-8-16)24-22(27)17-6-5-11-26(13-17)32(28,29)20-12-19(31-14(20)2)21-23-15(3)30-25-21/h7-10,12,17H,4-6,11,13H2,1-3H3,(H,24,27). The minimum Gasteiger partial charge on any atom is -0.339 e. The number of benzene rings is 1. The Hall–Kier alpha value is -2.56. The third kappa shape index (κ3) is 4.62. The van der Waals surface area contributed by atoms with Crippen LogP contribution in [0.15, 0.2) is 39.8 Å². The summed E-state index contributed by atoms with van der Waals surface area (Å²) in [6.07, 6.45) is 2.22. The van der Waals surface area contributed by atoms with E-state index in [2.05, 4.69) is 22.4 Å². The van der Waals surface area contributed by atoms with Crippen molar-refractivity contribution in [2.24, 2.45) is 5.92 Å². The number of carbonyl (C=O) groups excluding carboxylic acids is 1. The summed E-state index contributed by atoms with van der Waals surface area (Å²) in [6, 6.07) is 9.32. The van der Waals surface area contributed by atoms with Crippen LogP contribution in [0.3, 0.4) is 0 Å². The van der Waals surface area contributed by atoms with Crippen LogP contribution in [0.25, 0.3) is 10.7 Å². The van der Waals surface area contributed by atoms with Gasteiger partial charge in [-0.05, 0) is 49.9 Å². The maximum Gasteiger partial charge on any atom is 0.244 e. The summed E-state index contributed by atoms with van der Waals surface area (Å²) in [5.74, 6) is 0.244. The first-order chi connectivity index (χ1) is 15.3. The molecule has 1 N–H and O–H groups in total. The van der Waals surface area contributed by atoms with E-state index in [1.165, 1.54) is 21.2 Å². The Morgan fingerprint density at radius 2 is 2.03 bits per heavy atom. The molecule has 32 heavy (non-hydrogen) atoms. The van der Waals surface area contributed by atoms with Gasteiger partial charge in [-0.15, -0.1) is 11.3 Å². The van der Waals surface area contributed by atoms with Crippen LogP contribution < -0.4 is 5.32 Å². The Morgan fingerprint density at radius 3 is 2.69 bits per heavy atom. The first kappa shape index (κ1) is 22.6. The number of nitrogens with zero attached hydrogens (tertiary/aromatic N) is 3. The van der Waals surface area contributed by atoms with Crippen molar-refractivity contribution in [1.82, 2.24) is 14.4 Å². The minimum atomic E-state index is -3.74. The van der Waals surface area contributed by atoms with Gasteiger partial charge in [0.1, 0.15) is 0 Å². The largest absolute Gasteiger partial charge is 0.339 e. The highest BCUT2D eigenvalue weighted by atomic mass is 32.2. The molecule has 0 aliphatic carbocycles. The maximum absolute atomic E-state index is 13.4. The van der Waals surface area contributed by atoms with Crippen LogP contribution in [0.2, 0.25) is 0 Å². The molecule has 1 fully saturated rings. The molecule has 1 amide bonds. The van der Waals surface area contributed by atoms with Crippen molar-refractivity contribution in [3.8, 4) is 10.7 Å². The van der Waals surface area contributed by atoms with Crippen LogP contribution in [0.4, 0.5) is 5.69 Å². The number of hydrogen-bond donors (Lipinski definition) is 1. The molecule has 170 valence electrons. The van der Waals surface area contributed by atoms with Crippen molar-refractivity contribution in [3.63, 3.8) is 0 Å². The van der Waals surface area contributed by atoms with E-state index in [0.29, 0.717) is 40.9 Å². The van der Waals surface area contributed by atoms with Gasteiger partial charge >= 0.3 is 0 Å². The molecule has 3 heterocycles. The molecule has 1 unspecified atom stereocenters. The van der Waals surface area contributed by atoms with Gasteiger partial charge in [-0.2, -0.15) is 9.29 Å². The minimum absolute atomic E-state index is 0.154. The molecule has 4 rings (SSSR count). The summed E-state index contributed by atoms with van der Waals surface area (Å²) in [5.41, 5.74) is 1.92. The Kier molecular flexibility index (Phi) is 6.45. The molecule has 0 radical (unpaired) electrons. The monoisotopic (exact) mass is 474 g/mol. The van der Waals surface area contributed by atoms with Crippen molar-refractivity contribution in [1.29, 1.82) is 0 Å². The van der Waals surface area contributed by atoms with Crippen molar-refractivity contribution >= 4 is 33.0 Å². The van der Waals surface area contributed by atoms with E-state index < -0.39 is 15.9 Å². The number of hydrogen-bond acceptors (Lipinski definition) is 7. The summed E-state index contributed by atoms with van der Waals surface area (Å²) in [7, 11) is -3.74. The number of aryl methyl sites for hydroxylation is 3. The number of rotatable bonds is 6. The number of amides is 1. The second-order valence-electron chi connectivity index (χ2n) is 7.91. The highest BCUT2D eigenvalue weighted by Crippen LogP contribution is 2.35. The summed E-state index contributed by atoms with van der Waals surface area (Å²) in [4.78, 5) is 18.5. The summed E-state index contributed by atoms with van der Waals surface area (Å²) in [5, 5.41) is 6.81.